The molecule has 3 N–H and O–H groups in total. The molecule has 2 aromatic carbocycles. The second kappa shape index (κ2) is 8.86. The lowest BCUT2D eigenvalue weighted by molar-refractivity contribution is -0.135. The normalized spacial score (nSPS) is 17.8. The minimum atomic E-state index is -1.25. The lowest BCUT2D eigenvalue weighted by Gasteiger charge is -2.22. The minimum Gasteiger partial charge on any atom is -0.495 e. The highest BCUT2D eigenvalue weighted by Gasteiger charge is 2.49. The number of carbonyl (C=O) groups is 4. The average molecular weight is 424 g/mol. The third kappa shape index (κ3) is 4.66. The van der Waals surface area contributed by atoms with Crippen LogP contribution in [0.1, 0.15) is 18.1 Å². The zero-order chi connectivity index (χ0) is 22.6. The van der Waals surface area contributed by atoms with Gasteiger partial charge in [0.25, 0.3) is 5.91 Å². The Bertz CT molecular complexity index is 1020. The van der Waals surface area contributed by atoms with Crippen LogP contribution in [0.15, 0.2) is 48.5 Å². The third-order valence-corrected chi connectivity index (χ3v) is 5.00. The zero-order valence-corrected chi connectivity index (χ0v) is 17.5. The van der Waals surface area contributed by atoms with Gasteiger partial charge in [0.15, 0.2) is 0 Å². The summed E-state index contributed by atoms with van der Waals surface area (Å²) in [5, 5.41) is 7.72. The van der Waals surface area contributed by atoms with Gasteiger partial charge in [0, 0.05) is 0 Å². The largest absolute Gasteiger partial charge is 0.495 e. The van der Waals surface area contributed by atoms with Crippen molar-refractivity contribution in [2.75, 3.05) is 25.5 Å². The third-order valence-electron chi connectivity index (χ3n) is 5.00. The van der Waals surface area contributed by atoms with Crippen molar-refractivity contribution in [3.63, 3.8) is 0 Å². The molecule has 1 heterocycles. The summed E-state index contributed by atoms with van der Waals surface area (Å²) in [6.07, 6.45) is 0. The molecule has 31 heavy (non-hydrogen) atoms. The molecule has 1 unspecified atom stereocenters. The van der Waals surface area contributed by atoms with Crippen LogP contribution in [-0.4, -0.2) is 48.9 Å². The molecule has 3 rings (SSSR count). The number of benzene rings is 2. The number of nitrogens with one attached hydrogen (secondary N) is 3. The van der Waals surface area contributed by atoms with Crippen LogP contribution < -0.4 is 20.7 Å². The van der Waals surface area contributed by atoms with E-state index in [4.69, 9.17) is 4.74 Å². The van der Waals surface area contributed by atoms with Crippen LogP contribution in [0.4, 0.5) is 10.5 Å². The summed E-state index contributed by atoms with van der Waals surface area (Å²) < 4.78 is 5.20. The number of carbonyl (C=O) groups excluding carboxylic acids is 4. The summed E-state index contributed by atoms with van der Waals surface area (Å²) in [7, 11) is 1.49. The molecule has 1 aliphatic rings. The summed E-state index contributed by atoms with van der Waals surface area (Å²) in [6.45, 7) is 2.64. The summed E-state index contributed by atoms with van der Waals surface area (Å²) in [6, 6.07) is 13.4. The van der Waals surface area contributed by atoms with E-state index in [0.29, 0.717) is 17.0 Å². The van der Waals surface area contributed by atoms with Crippen molar-refractivity contribution in [3.05, 3.63) is 59.7 Å². The second-order valence-electron chi connectivity index (χ2n) is 7.34. The number of aryl methyl sites for hydroxylation is 1. The fourth-order valence-electron chi connectivity index (χ4n) is 3.30. The number of hydrogen-bond donors (Lipinski definition) is 3. The number of ether oxygens (including phenoxy) is 1. The van der Waals surface area contributed by atoms with Crippen LogP contribution in [0.5, 0.6) is 5.75 Å². The van der Waals surface area contributed by atoms with Gasteiger partial charge in [-0.2, -0.15) is 0 Å². The molecular weight excluding hydrogens is 400 g/mol. The molecular formula is C22H24N4O5. The molecule has 1 atom stereocenters. The van der Waals surface area contributed by atoms with E-state index < -0.39 is 35.8 Å². The van der Waals surface area contributed by atoms with Gasteiger partial charge < -0.3 is 20.7 Å². The first-order chi connectivity index (χ1) is 14.7. The molecule has 9 heteroatoms. The van der Waals surface area contributed by atoms with E-state index in [1.165, 1.54) is 7.11 Å². The minimum absolute atomic E-state index is 0.324. The zero-order valence-electron chi connectivity index (χ0n) is 17.5. The topological polar surface area (TPSA) is 117 Å². The molecule has 0 spiro atoms. The standard InChI is InChI=1S/C22H24N4O5/c1-14-9-10-17(31-3)16(11-14)24-18(27)12-23-19(28)13-26-20(29)22(2,25-21(26)30)15-7-5-4-6-8-15/h4-11H,12-13H2,1-3H3,(H,23,28)(H,24,27)(H,25,30). The molecule has 2 aromatic rings. The molecule has 9 nitrogen and oxygen atoms in total. The van der Waals surface area contributed by atoms with Gasteiger partial charge in [0.2, 0.25) is 11.8 Å². The van der Waals surface area contributed by atoms with E-state index in [0.717, 1.165) is 10.5 Å². The Morgan fingerprint density at radius 2 is 1.81 bits per heavy atom. The Labute approximate surface area is 179 Å². The first-order valence-corrected chi connectivity index (χ1v) is 9.65. The maximum Gasteiger partial charge on any atom is 0.325 e. The average Bonchev–Trinajstić information content (AvgIpc) is 2.97. The van der Waals surface area contributed by atoms with Crippen LogP contribution in [0, 0.1) is 6.92 Å². The first kappa shape index (κ1) is 21.8. The predicted molar refractivity (Wildman–Crippen MR) is 113 cm³/mol. The van der Waals surface area contributed by atoms with Crippen LogP contribution >= 0.6 is 0 Å². The number of nitrogens with zero attached hydrogens (tertiary/aromatic N) is 1. The number of rotatable bonds is 7. The Morgan fingerprint density at radius 1 is 1.10 bits per heavy atom. The highest BCUT2D eigenvalue weighted by atomic mass is 16.5. The van der Waals surface area contributed by atoms with Crippen molar-refractivity contribution in [3.8, 4) is 5.75 Å². The first-order valence-electron chi connectivity index (χ1n) is 9.65. The number of anilines is 1. The van der Waals surface area contributed by atoms with Crippen molar-refractivity contribution >= 4 is 29.4 Å². The SMILES string of the molecule is COc1ccc(C)cc1NC(=O)CNC(=O)CN1C(=O)NC(C)(c2ccccc2)C1=O. The highest BCUT2D eigenvalue weighted by Crippen LogP contribution is 2.28. The molecule has 0 aliphatic carbocycles. The van der Waals surface area contributed by atoms with Crippen LogP contribution in [0.2, 0.25) is 0 Å². The fraction of sp³-hybridized carbons (Fsp3) is 0.273. The Kier molecular flexibility index (Phi) is 6.24. The summed E-state index contributed by atoms with van der Waals surface area (Å²) >= 11 is 0. The number of amides is 5. The van der Waals surface area contributed by atoms with Crippen molar-refractivity contribution < 1.29 is 23.9 Å². The molecule has 0 aromatic heterocycles. The Morgan fingerprint density at radius 3 is 2.48 bits per heavy atom. The molecule has 1 fully saturated rings. The van der Waals surface area contributed by atoms with Gasteiger partial charge >= 0.3 is 6.03 Å². The van der Waals surface area contributed by atoms with E-state index >= 15 is 0 Å². The molecule has 0 radical (unpaired) electrons. The van der Waals surface area contributed by atoms with Gasteiger partial charge in [0.05, 0.1) is 19.3 Å². The van der Waals surface area contributed by atoms with E-state index in [9.17, 15) is 19.2 Å². The van der Waals surface area contributed by atoms with Gasteiger partial charge in [-0.1, -0.05) is 36.4 Å². The van der Waals surface area contributed by atoms with Gasteiger partial charge in [-0.3, -0.25) is 19.3 Å². The molecule has 1 saturated heterocycles. The number of imide groups is 1. The molecule has 0 bridgehead atoms. The van der Waals surface area contributed by atoms with Crippen molar-refractivity contribution in [1.82, 2.24) is 15.5 Å². The smallest absolute Gasteiger partial charge is 0.325 e. The fourth-order valence-corrected chi connectivity index (χ4v) is 3.30. The summed E-state index contributed by atoms with van der Waals surface area (Å²) in [4.78, 5) is 50.5. The van der Waals surface area contributed by atoms with E-state index in [-0.39, 0.29) is 6.54 Å². The van der Waals surface area contributed by atoms with Gasteiger partial charge in [0.1, 0.15) is 17.8 Å². The Hall–Kier alpha value is -3.88. The quantitative estimate of drug-likeness (QED) is 0.583. The summed E-state index contributed by atoms with van der Waals surface area (Å²) in [5.74, 6) is -1.15. The van der Waals surface area contributed by atoms with Gasteiger partial charge in [-0.15, -0.1) is 0 Å². The van der Waals surface area contributed by atoms with Crippen molar-refractivity contribution in [1.29, 1.82) is 0 Å². The molecule has 5 amide bonds. The van der Waals surface area contributed by atoms with E-state index in [1.807, 2.05) is 13.0 Å². The van der Waals surface area contributed by atoms with Crippen LogP contribution in [0.25, 0.3) is 0 Å². The molecule has 0 saturated carbocycles. The Balaban J connectivity index is 1.57. The van der Waals surface area contributed by atoms with E-state index in [2.05, 4.69) is 16.0 Å². The maximum atomic E-state index is 12.8. The number of methoxy groups -OCH3 is 1. The maximum absolute atomic E-state index is 12.8. The number of hydrogen-bond acceptors (Lipinski definition) is 5. The van der Waals surface area contributed by atoms with Crippen LogP contribution in [-0.2, 0) is 19.9 Å². The molecule has 1 aliphatic heterocycles. The van der Waals surface area contributed by atoms with Gasteiger partial charge in [-0.05, 0) is 37.1 Å². The lowest BCUT2D eigenvalue weighted by atomic mass is 9.92. The number of urea groups is 1. The van der Waals surface area contributed by atoms with Crippen molar-refractivity contribution in [2.45, 2.75) is 19.4 Å². The lowest BCUT2D eigenvalue weighted by Crippen LogP contribution is -2.44. The van der Waals surface area contributed by atoms with E-state index in [1.54, 1.807) is 49.4 Å². The summed E-state index contributed by atoms with van der Waals surface area (Å²) in [5.41, 5.74) is 0.773. The second-order valence-corrected chi connectivity index (χ2v) is 7.34. The van der Waals surface area contributed by atoms with Gasteiger partial charge in [-0.25, -0.2) is 4.79 Å². The van der Waals surface area contributed by atoms with Crippen molar-refractivity contribution in [2.24, 2.45) is 0 Å². The molecule has 162 valence electrons. The monoisotopic (exact) mass is 424 g/mol. The van der Waals surface area contributed by atoms with Crippen LogP contribution in [0.3, 0.4) is 0 Å². The predicted octanol–water partition coefficient (Wildman–Crippen LogP) is 1.53. The highest BCUT2D eigenvalue weighted by molar-refractivity contribution is 6.09.